The van der Waals surface area contributed by atoms with Crippen LogP contribution in [0.25, 0.3) is 39.2 Å². The molecule has 35 heavy (non-hydrogen) atoms. The number of carboxylic acids is 1. The molecule has 0 saturated carbocycles. The summed E-state index contributed by atoms with van der Waals surface area (Å²) >= 11 is 0. The molecule has 1 N–H and O–H groups in total. The van der Waals surface area contributed by atoms with Crippen molar-refractivity contribution >= 4 is 22.5 Å². The van der Waals surface area contributed by atoms with E-state index in [4.69, 9.17) is 9.52 Å². The van der Waals surface area contributed by atoms with E-state index in [0.717, 1.165) is 5.56 Å². The summed E-state index contributed by atoms with van der Waals surface area (Å²) in [5, 5.41) is 17.8. The average Bonchev–Trinajstić information content (AvgIpc) is 3.47. The first-order chi connectivity index (χ1) is 17.0. The van der Waals surface area contributed by atoms with Gasteiger partial charge in [-0.3, -0.25) is 19.0 Å². The maximum atomic E-state index is 13.7. The summed E-state index contributed by atoms with van der Waals surface area (Å²) in [5.41, 5.74) is 3.40. The number of fused-ring (bicyclic) bond motifs is 5. The summed E-state index contributed by atoms with van der Waals surface area (Å²) in [6.07, 6.45) is 0.0449. The maximum absolute atomic E-state index is 13.7. The van der Waals surface area contributed by atoms with E-state index < -0.39 is 5.97 Å². The van der Waals surface area contributed by atoms with Crippen molar-refractivity contribution in [2.24, 2.45) is 0 Å². The highest BCUT2D eigenvalue weighted by molar-refractivity contribution is 6.26. The molecule has 5 aromatic rings. The first-order valence-corrected chi connectivity index (χ1v) is 11.0. The minimum Gasteiger partial charge on any atom is -0.481 e. The third-order valence-corrected chi connectivity index (χ3v) is 6.14. The standard InChI is InChI=1S/C27H17N3O5/c31-22(32)14-13-21-28-29-26(35-21)15-9-11-16(12-10-15)30-24-18-6-2-3-7-19(18)25(33)23(24)17-5-1-4-8-20(17)27(30)34/h1-12H,13-14H2,(H,31,32). The van der Waals surface area contributed by atoms with Gasteiger partial charge in [0.2, 0.25) is 11.8 Å². The van der Waals surface area contributed by atoms with Crippen LogP contribution >= 0.6 is 0 Å². The Bertz CT molecular complexity index is 1710. The van der Waals surface area contributed by atoms with E-state index in [2.05, 4.69) is 10.2 Å². The van der Waals surface area contributed by atoms with E-state index in [9.17, 15) is 14.4 Å². The lowest BCUT2D eigenvalue weighted by Crippen LogP contribution is -2.21. The van der Waals surface area contributed by atoms with Gasteiger partial charge in [0.1, 0.15) is 0 Å². The van der Waals surface area contributed by atoms with Gasteiger partial charge in [0.25, 0.3) is 5.56 Å². The number of aliphatic carboxylic acids is 1. The molecular formula is C27H17N3O5. The topological polar surface area (TPSA) is 115 Å². The van der Waals surface area contributed by atoms with Crippen LogP contribution in [0.5, 0.6) is 0 Å². The number of rotatable bonds is 5. The van der Waals surface area contributed by atoms with Gasteiger partial charge >= 0.3 is 5.97 Å². The Labute approximate surface area is 198 Å². The van der Waals surface area contributed by atoms with Crippen molar-refractivity contribution in [2.75, 3.05) is 0 Å². The van der Waals surface area contributed by atoms with Crippen LogP contribution in [0.1, 0.15) is 28.2 Å². The number of hydrogen-bond acceptors (Lipinski definition) is 6. The lowest BCUT2D eigenvalue weighted by Gasteiger charge is -2.15. The van der Waals surface area contributed by atoms with Crippen molar-refractivity contribution in [1.82, 2.24) is 14.8 Å². The van der Waals surface area contributed by atoms with Gasteiger partial charge in [0, 0.05) is 39.6 Å². The molecule has 0 atom stereocenters. The second-order valence-corrected chi connectivity index (χ2v) is 8.23. The van der Waals surface area contributed by atoms with Gasteiger partial charge in [0.05, 0.1) is 17.7 Å². The summed E-state index contributed by atoms with van der Waals surface area (Å²) in [4.78, 5) is 37.8. The Balaban J connectivity index is 1.50. The number of hydrogen-bond donors (Lipinski definition) is 1. The van der Waals surface area contributed by atoms with Crippen LogP contribution < -0.4 is 5.56 Å². The molecular weight excluding hydrogens is 446 g/mol. The van der Waals surface area contributed by atoms with E-state index >= 15 is 0 Å². The molecule has 0 spiro atoms. The second-order valence-electron chi connectivity index (χ2n) is 8.23. The Morgan fingerprint density at radius 2 is 1.54 bits per heavy atom. The number of pyridine rings is 1. The summed E-state index contributed by atoms with van der Waals surface area (Å²) in [7, 11) is 0. The zero-order valence-corrected chi connectivity index (χ0v) is 18.3. The van der Waals surface area contributed by atoms with Crippen molar-refractivity contribution in [3.05, 3.63) is 100 Å². The predicted molar refractivity (Wildman–Crippen MR) is 128 cm³/mol. The Hall–Kier alpha value is -4.85. The lowest BCUT2D eigenvalue weighted by atomic mass is 10.0. The molecule has 0 unspecified atom stereocenters. The van der Waals surface area contributed by atoms with Crippen LogP contribution in [0.3, 0.4) is 0 Å². The third kappa shape index (κ3) is 3.26. The fraction of sp³-hybridized carbons (Fsp3) is 0.0741. The van der Waals surface area contributed by atoms with Crippen molar-refractivity contribution < 1.29 is 19.1 Å². The van der Waals surface area contributed by atoms with Gasteiger partial charge in [-0.25, -0.2) is 0 Å². The highest BCUT2D eigenvalue weighted by atomic mass is 16.4. The largest absolute Gasteiger partial charge is 0.481 e. The molecule has 0 amide bonds. The molecule has 3 aromatic carbocycles. The molecule has 6 rings (SSSR count). The van der Waals surface area contributed by atoms with Crippen molar-refractivity contribution in [3.63, 3.8) is 0 Å². The van der Waals surface area contributed by atoms with Crippen molar-refractivity contribution in [2.45, 2.75) is 12.8 Å². The third-order valence-electron chi connectivity index (χ3n) is 6.14. The highest BCUT2D eigenvalue weighted by Crippen LogP contribution is 2.40. The van der Waals surface area contributed by atoms with Gasteiger partial charge in [-0.05, 0) is 30.3 Å². The Morgan fingerprint density at radius 3 is 2.29 bits per heavy atom. The summed E-state index contributed by atoms with van der Waals surface area (Å²) in [6.45, 7) is 0. The molecule has 1 aliphatic carbocycles. The molecule has 8 heteroatoms. The predicted octanol–water partition coefficient (Wildman–Crippen LogP) is 4.27. The highest BCUT2D eigenvalue weighted by Gasteiger charge is 2.32. The van der Waals surface area contributed by atoms with Crippen molar-refractivity contribution in [1.29, 1.82) is 0 Å². The molecule has 0 saturated heterocycles. The Morgan fingerprint density at radius 1 is 0.857 bits per heavy atom. The van der Waals surface area contributed by atoms with Crippen LogP contribution in [-0.2, 0) is 11.2 Å². The molecule has 8 nitrogen and oxygen atoms in total. The number of aryl methyl sites for hydroxylation is 1. The monoisotopic (exact) mass is 463 g/mol. The van der Waals surface area contributed by atoms with E-state index in [0.29, 0.717) is 38.8 Å². The first kappa shape index (κ1) is 20.7. The number of ketones is 1. The van der Waals surface area contributed by atoms with Crippen molar-refractivity contribution in [3.8, 4) is 28.4 Å². The quantitative estimate of drug-likeness (QED) is 0.406. The summed E-state index contributed by atoms with van der Waals surface area (Å²) < 4.78 is 7.16. The number of aromatic nitrogens is 3. The molecule has 0 radical (unpaired) electrons. The van der Waals surface area contributed by atoms with Gasteiger partial charge < -0.3 is 9.52 Å². The van der Waals surface area contributed by atoms with Crippen LogP contribution in [0.15, 0.2) is 82.0 Å². The summed E-state index contributed by atoms with van der Waals surface area (Å²) in [5.74, 6) is -0.543. The van der Waals surface area contributed by atoms with Crippen LogP contribution in [0.2, 0.25) is 0 Å². The SMILES string of the molecule is O=C(O)CCc1nnc(-c2ccc(-n3c4c(c5ccccc5c3=O)C(=O)c3ccccc3-4)cc2)o1. The molecule has 2 heterocycles. The minimum absolute atomic E-state index is 0.100. The fourth-order valence-corrected chi connectivity index (χ4v) is 4.54. The molecule has 0 fully saturated rings. The first-order valence-electron chi connectivity index (χ1n) is 11.0. The molecule has 0 aliphatic heterocycles. The van der Waals surface area contributed by atoms with E-state index in [1.807, 2.05) is 30.3 Å². The Kier molecular flexibility index (Phi) is 4.67. The van der Waals surface area contributed by atoms with Crippen LogP contribution in [0.4, 0.5) is 0 Å². The fourth-order valence-electron chi connectivity index (χ4n) is 4.54. The van der Waals surface area contributed by atoms with Gasteiger partial charge in [-0.15, -0.1) is 10.2 Å². The summed E-state index contributed by atoms with van der Waals surface area (Å²) in [6, 6.07) is 21.5. The molecule has 1 aliphatic rings. The molecule has 0 bridgehead atoms. The zero-order valence-electron chi connectivity index (χ0n) is 18.3. The van der Waals surface area contributed by atoms with Gasteiger partial charge in [-0.2, -0.15) is 0 Å². The van der Waals surface area contributed by atoms with E-state index in [-0.39, 0.29) is 36.0 Å². The van der Waals surface area contributed by atoms with Crippen LogP contribution in [0, 0.1) is 0 Å². The smallest absolute Gasteiger partial charge is 0.303 e. The molecule has 2 aromatic heterocycles. The zero-order chi connectivity index (χ0) is 24.1. The average molecular weight is 463 g/mol. The number of carbonyl (C=O) groups is 2. The number of benzene rings is 3. The van der Waals surface area contributed by atoms with E-state index in [1.165, 1.54) is 0 Å². The van der Waals surface area contributed by atoms with Crippen LogP contribution in [-0.4, -0.2) is 31.6 Å². The minimum atomic E-state index is -0.942. The molecule has 170 valence electrons. The number of nitrogens with zero attached hydrogens (tertiary/aromatic N) is 3. The normalized spacial score (nSPS) is 12.1. The lowest BCUT2D eigenvalue weighted by molar-refractivity contribution is -0.137. The van der Waals surface area contributed by atoms with E-state index in [1.54, 1.807) is 47.0 Å². The van der Waals surface area contributed by atoms with Gasteiger partial charge in [-0.1, -0.05) is 42.5 Å². The number of carbonyl (C=O) groups excluding carboxylic acids is 1. The number of carboxylic acid groups (broad SMARTS) is 1. The second kappa shape index (κ2) is 7.88. The maximum Gasteiger partial charge on any atom is 0.303 e. The van der Waals surface area contributed by atoms with Gasteiger partial charge in [0.15, 0.2) is 5.78 Å².